The van der Waals surface area contributed by atoms with Gasteiger partial charge in [-0.3, -0.25) is 8.37 Å². The van der Waals surface area contributed by atoms with E-state index in [2.05, 4.69) is 4.18 Å². The van der Waals surface area contributed by atoms with E-state index in [1.165, 1.54) is 0 Å². The van der Waals surface area contributed by atoms with E-state index in [-0.39, 0.29) is 77.1 Å². The van der Waals surface area contributed by atoms with Crippen LogP contribution in [-0.2, 0) is 43.4 Å². The third-order valence-electron chi connectivity index (χ3n) is 5.67. The summed E-state index contributed by atoms with van der Waals surface area (Å²) in [5.74, 6) is -1.20. The van der Waals surface area contributed by atoms with Gasteiger partial charge < -0.3 is 23.3 Å². The van der Waals surface area contributed by atoms with Gasteiger partial charge in [-0.1, -0.05) is 27.7 Å². The number of hydrogen-bond donors (Lipinski definition) is 0. The summed E-state index contributed by atoms with van der Waals surface area (Å²) in [4.78, 5) is 0. The standard InChI is InChI=1S/C16H30O11S2.2Na/c1-6-12-9(3)15(13(25-12)7-23-28(17,18)19)26-16-10(4)14(27-29(20,21)22)8(2)11(5)24-16;;/h8-16H,6-7H2,1-5H3,(H,17,18,19)(H,20,21,22);;/q;2*+1/p-2. The minimum atomic E-state index is -4.93. The molecular weight excluding hydrogens is 478 g/mol. The molecule has 2 saturated heterocycles. The van der Waals surface area contributed by atoms with Crippen LogP contribution >= 0.6 is 0 Å². The normalized spacial score (nSPS) is 38.9. The molecule has 9 unspecified atom stereocenters. The Morgan fingerprint density at radius 3 is 1.87 bits per heavy atom. The molecule has 0 N–H and O–H groups in total. The van der Waals surface area contributed by atoms with Crippen LogP contribution in [-0.4, -0.2) is 69.4 Å². The van der Waals surface area contributed by atoms with Crippen LogP contribution in [0.1, 0.15) is 41.0 Å². The topological polar surface area (TPSA) is 161 Å². The monoisotopic (exact) mass is 506 g/mol. The van der Waals surface area contributed by atoms with Crippen molar-refractivity contribution < 1.29 is 108 Å². The Labute approximate surface area is 228 Å². The van der Waals surface area contributed by atoms with E-state index in [0.29, 0.717) is 6.42 Å². The molecule has 2 rings (SSSR count). The third kappa shape index (κ3) is 9.30. The molecule has 9 atom stereocenters. The predicted octanol–water partition coefficient (Wildman–Crippen LogP) is -5.47. The van der Waals surface area contributed by atoms with E-state index in [0.717, 1.165) is 0 Å². The average molecular weight is 507 g/mol. The molecule has 0 radical (unpaired) electrons. The molecule has 0 spiro atoms. The van der Waals surface area contributed by atoms with Crippen LogP contribution in [0, 0.1) is 17.8 Å². The molecular formula is C16H28Na2O11S2. The van der Waals surface area contributed by atoms with Crippen molar-refractivity contribution in [3.8, 4) is 0 Å². The largest absolute Gasteiger partial charge is 1.00 e. The van der Waals surface area contributed by atoms with E-state index in [9.17, 15) is 25.9 Å². The van der Waals surface area contributed by atoms with E-state index < -0.39 is 64.0 Å². The molecule has 2 heterocycles. The van der Waals surface area contributed by atoms with Crippen molar-refractivity contribution in [3.05, 3.63) is 0 Å². The molecule has 15 heteroatoms. The van der Waals surface area contributed by atoms with E-state index >= 15 is 0 Å². The Morgan fingerprint density at radius 2 is 1.39 bits per heavy atom. The molecule has 2 aliphatic heterocycles. The fourth-order valence-electron chi connectivity index (χ4n) is 3.92. The zero-order valence-corrected chi connectivity index (χ0v) is 24.6. The molecule has 0 saturated carbocycles. The third-order valence-corrected chi connectivity index (χ3v) is 6.56. The first-order chi connectivity index (χ1) is 13.2. The van der Waals surface area contributed by atoms with Crippen LogP contribution in [0.15, 0.2) is 0 Å². The molecule has 0 aliphatic carbocycles. The first-order valence-electron chi connectivity index (χ1n) is 9.44. The van der Waals surface area contributed by atoms with Gasteiger partial charge in [-0.2, -0.15) is 0 Å². The molecule has 0 aromatic heterocycles. The summed E-state index contributed by atoms with van der Waals surface area (Å²) in [6.45, 7) is 8.26. The summed E-state index contributed by atoms with van der Waals surface area (Å²) in [5, 5.41) is 0. The van der Waals surface area contributed by atoms with Gasteiger partial charge in [0.15, 0.2) is 6.29 Å². The number of ether oxygens (including phenoxy) is 3. The Morgan fingerprint density at radius 1 is 0.806 bits per heavy atom. The molecule has 172 valence electrons. The van der Waals surface area contributed by atoms with Gasteiger partial charge in [-0.25, -0.2) is 16.8 Å². The second-order valence-electron chi connectivity index (χ2n) is 7.67. The maximum absolute atomic E-state index is 11.1. The summed E-state index contributed by atoms with van der Waals surface area (Å²) in [6, 6.07) is 0. The molecule has 0 aromatic rings. The summed E-state index contributed by atoms with van der Waals surface area (Å²) in [5.41, 5.74) is 0. The fourth-order valence-corrected chi connectivity index (χ4v) is 4.85. The summed E-state index contributed by atoms with van der Waals surface area (Å²) < 4.78 is 92.6. The second kappa shape index (κ2) is 13.1. The van der Waals surface area contributed by atoms with Crippen molar-refractivity contribution in [2.75, 3.05) is 6.61 Å². The number of hydrogen-bond acceptors (Lipinski definition) is 11. The Hall–Kier alpha value is 1.62. The molecule has 0 aromatic carbocycles. The maximum Gasteiger partial charge on any atom is 1.00 e. The van der Waals surface area contributed by atoms with Crippen LogP contribution in [0.25, 0.3) is 0 Å². The van der Waals surface area contributed by atoms with Gasteiger partial charge in [0, 0.05) is 17.8 Å². The van der Waals surface area contributed by atoms with Crippen molar-refractivity contribution >= 4 is 20.8 Å². The van der Waals surface area contributed by atoms with Gasteiger partial charge in [0.25, 0.3) is 0 Å². The van der Waals surface area contributed by atoms with Crippen LogP contribution in [0.3, 0.4) is 0 Å². The summed E-state index contributed by atoms with van der Waals surface area (Å²) >= 11 is 0. The molecule has 31 heavy (non-hydrogen) atoms. The van der Waals surface area contributed by atoms with Gasteiger partial charge in [0.1, 0.15) is 6.10 Å². The molecule has 0 amide bonds. The average Bonchev–Trinajstić information content (AvgIpc) is 2.88. The van der Waals surface area contributed by atoms with E-state index in [4.69, 9.17) is 18.4 Å². The van der Waals surface area contributed by atoms with Crippen molar-refractivity contribution in [2.24, 2.45) is 17.8 Å². The van der Waals surface area contributed by atoms with Crippen molar-refractivity contribution in [1.82, 2.24) is 0 Å². The van der Waals surface area contributed by atoms with E-state index in [1.54, 1.807) is 20.8 Å². The minimum Gasteiger partial charge on any atom is -0.726 e. The van der Waals surface area contributed by atoms with Crippen molar-refractivity contribution in [1.29, 1.82) is 0 Å². The SMILES string of the molecule is CCC1OC(COS(=O)(=O)[O-])C(OC2OC(C)C(C)C(OS(=O)(=O)[O-])C2C)C1C.[Na+].[Na+]. The quantitative estimate of drug-likeness (QED) is 0.175. The van der Waals surface area contributed by atoms with Gasteiger partial charge in [-0.05, 0) is 13.3 Å². The van der Waals surface area contributed by atoms with Gasteiger partial charge in [-0.15, -0.1) is 0 Å². The van der Waals surface area contributed by atoms with Crippen LogP contribution in [0.5, 0.6) is 0 Å². The zero-order valence-electron chi connectivity index (χ0n) is 18.9. The molecule has 11 nitrogen and oxygen atoms in total. The summed E-state index contributed by atoms with van der Waals surface area (Å²) in [7, 11) is -9.83. The van der Waals surface area contributed by atoms with Crippen LogP contribution < -0.4 is 59.1 Å². The molecule has 2 aliphatic rings. The van der Waals surface area contributed by atoms with E-state index in [1.807, 2.05) is 13.8 Å². The minimum absolute atomic E-state index is 0. The number of rotatable bonds is 8. The first-order valence-corrected chi connectivity index (χ1v) is 12.1. The Kier molecular flexibility index (Phi) is 13.8. The van der Waals surface area contributed by atoms with Crippen LogP contribution in [0.2, 0.25) is 0 Å². The van der Waals surface area contributed by atoms with Gasteiger partial charge in [0.05, 0.1) is 31.0 Å². The first kappa shape index (κ1) is 32.6. The maximum atomic E-state index is 11.1. The zero-order chi connectivity index (χ0) is 22.1. The van der Waals surface area contributed by atoms with Gasteiger partial charge >= 0.3 is 59.1 Å². The Bertz CT molecular complexity index is 764. The molecule has 0 bridgehead atoms. The van der Waals surface area contributed by atoms with Gasteiger partial charge in [0.2, 0.25) is 20.8 Å². The molecule has 2 fully saturated rings. The van der Waals surface area contributed by atoms with Crippen LogP contribution in [0.4, 0.5) is 0 Å². The fraction of sp³-hybridized carbons (Fsp3) is 1.00. The second-order valence-corrected chi connectivity index (χ2v) is 9.73. The van der Waals surface area contributed by atoms with Crippen molar-refractivity contribution in [3.63, 3.8) is 0 Å². The Balaban J connectivity index is 0.00000450. The predicted molar refractivity (Wildman–Crippen MR) is 95.9 cm³/mol. The van der Waals surface area contributed by atoms with Crippen molar-refractivity contribution in [2.45, 2.75) is 77.8 Å². The smallest absolute Gasteiger partial charge is 0.726 e. The summed E-state index contributed by atoms with van der Waals surface area (Å²) in [6.07, 6.45) is -3.53.